The molecule has 0 aliphatic heterocycles. The largest absolute Gasteiger partial charge is 0.368 e. The van der Waals surface area contributed by atoms with Gasteiger partial charge < -0.3 is 11.1 Å². The molecule has 7 nitrogen and oxygen atoms in total. The van der Waals surface area contributed by atoms with Crippen molar-refractivity contribution in [1.29, 1.82) is 0 Å². The lowest BCUT2D eigenvalue weighted by Gasteiger charge is -2.27. The van der Waals surface area contributed by atoms with Crippen molar-refractivity contribution in [3.63, 3.8) is 0 Å². The third kappa shape index (κ3) is 4.67. The van der Waals surface area contributed by atoms with E-state index in [4.69, 9.17) is 5.73 Å². The molecule has 32 heavy (non-hydrogen) atoms. The van der Waals surface area contributed by atoms with E-state index in [1.54, 1.807) is 5.01 Å². The van der Waals surface area contributed by atoms with Crippen molar-refractivity contribution in [2.75, 3.05) is 31.7 Å². The number of carbonyl (C=O) groups is 1. The molecule has 0 unspecified atom stereocenters. The summed E-state index contributed by atoms with van der Waals surface area (Å²) in [6.07, 6.45) is 6.07. The van der Waals surface area contributed by atoms with Gasteiger partial charge in [-0.1, -0.05) is 37.5 Å². The Balaban J connectivity index is 1.70. The summed E-state index contributed by atoms with van der Waals surface area (Å²) in [5, 5.41) is 8.08. The number of nitrogens with zero attached hydrogens (tertiary/aromatic N) is 4. The van der Waals surface area contributed by atoms with Crippen molar-refractivity contribution in [3.05, 3.63) is 48.0 Å². The van der Waals surface area contributed by atoms with Gasteiger partial charge in [-0.2, -0.15) is 4.98 Å². The zero-order valence-corrected chi connectivity index (χ0v) is 19.1. The number of aromatic nitrogens is 2. The monoisotopic (exact) mass is 432 g/mol. The Kier molecular flexibility index (Phi) is 6.55. The molecule has 0 saturated heterocycles. The Hall–Kier alpha value is -3.19. The Morgan fingerprint density at radius 2 is 1.81 bits per heavy atom. The first kappa shape index (κ1) is 22.0. The van der Waals surface area contributed by atoms with Gasteiger partial charge in [0.05, 0.1) is 5.52 Å². The Morgan fingerprint density at radius 1 is 1.06 bits per heavy atom. The maximum Gasteiger partial charge on any atom is 0.268 e. The fraction of sp³-hybridized carbons (Fsp3) is 0.400. The molecule has 1 fully saturated rings. The lowest BCUT2D eigenvalue weighted by molar-refractivity contribution is 0.0230. The highest BCUT2D eigenvalue weighted by Crippen LogP contribution is 2.30. The van der Waals surface area contributed by atoms with E-state index < -0.39 is 0 Å². The highest BCUT2D eigenvalue weighted by atomic mass is 16.2. The van der Waals surface area contributed by atoms with Gasteiger partial charge in [-0.3, -0.25) is 9.80 Å². The highest BCUT2D eigenvalue weighted by Gasteiger charge is 2.18. The van der Waals surface area contributed by atoms with Crippen molar-refractivity contribution >= 4 is 28.6 Å². The van der Waals surface area contributed by atoms with Crippen LogP contribution in [0.2, 0.25) is 0 Å². The number of anilines is 2. The van der Waals surface area contributed by atoms with E-state index in [-0.39, 0.29) is 11.9 Å². The normalized spacial score (nSPS) is 14.6. The number of benzene rings is 2. The standard InChI is InChI=1S/C25H32N6O/c1-4-31(30(2)3)24(32)19-10-8-9-17(15-19)18-13-14-22-21(16-18)23(29-25(26)28-22)27-20-11-6-5-7-12-20/h8-10,13-16,20H,4-7,11-12H2,1-3H3,(H3,26,27,28,29). The SMILES string of the molecule is CCN(C(=O)c1cccc(-c2ccc3nc(N)nc(NC4CCCCC4)c3c2)c1)N(C)C. The summed E-state index contributed by atoms with van der Waals surface area (Å²) in [7, 11) is 3.75. The van der Waals surface area contributed by atoms with Crippen molar-refractivity contribution in [2.45, 2.75) is 45.1 Å². The van der Waals surface area contributed by atoms with Gasteiger partial charge in [0.25, 0.3) is 5.91 Å². The number of nitrogens with two attached hydrogens (primary N) is 1. The lowest BCUT2D eigenvalue weighted by Crippen LogP contribution is -2.41. The molecular weight excluding hydrogens is 400 g/mol. The third-order valence-corrected chi connectivity index (χ3v) is 6.12. The van der Waals surface area contributed by atoms with Gasteiger partial charge in [0.2, 0.25) is 5.95 Å². The quantitative estimate of drug-likeness (QED) is 0.555. The maximum atomic E-state index is 13.0. The predicted octanol–water partition coefficient (Wildman–Crippen LogP) is 4.56. The van der Waals surface area contributed by atoms with E-state index in [0.717, 1.165) is 40.7 Å². The second-order valence-corrected chi connectivity index (χ2v) is 8.59. The van der Waals surface area contributed by atoms with Crippen molar-refractivity contribution in [1.82, 2.24) is 20.0 Å². The first-order valence-corrected chi connectivity index (χ1v) is 11.4. The highest BCUT2D eigenvalue weighted by molar-refractivity contribution is 5.97. The molecule has 168 valence electrons. The third-order valence-electron chi connectivity index (χ3n) is 6.12. The first-order valence-electron chi connectivity index (χ1n) is 11.4. The summed E-state index contributed by atoms with van der Waals surface area (Å²) in [5.41, 5.74) is 9.46. The summed E-state index contributed by atoms with van der Waals surface area (Å²) in [6.45, 7) is 2.58. The fourth-order valence-corrected chi connectivity index (χ4v) is 4.47. The van der Waals surface area contributed by atoms with Crippen LogP contribution in [0.15, 0.2) is 42.5 Å². The molecule has 1 heterocycles. The number of amides is 1. The van der Waals surface area contributed by atoms with Crippen molar-refractivity contribution in [2.24, 2.45) is 0 Å². The van der Waals surface area contributed by atoms with Crippen molar-refractivity contribution in [3.8, 4) is 11.1 Å². The molecule has 3 aromatic rings. The predicted molar refractivity (Wildman–Crippen MR) is 130 cm³/mol. The van der Waals surface area contributed by atoms with Gasteiger partial charge in [-0.05, 0) is 55.2 Å². The number of hydrogen-bond acceptors (Lipinski definition) is 6. The number of hydrogen-bond donors (Lipinski definition) is 2. The van der Waals surface area contributed by atoms with Crippen LogP contribution in [0.5, 0.6) is 0 Å². The van der Waals surface area contributed by atoms with Crippen LogP contribution in [0.3, 0.4) is 0 Å². The van der Waals surface area contributed by atoms with Crippen LogP contribution in [-0.2, 0) is 0 Å². The van der Waals surface area contributed by atoms with Gasteiger partial charge in [0.1, 0.15) is 5.82 Å². The van der Waals surface area contributed by atoms with Crippen LogP contribution in [0.4, 0.5) is 11.8 Å². The topological polar surface area (TPSA) is 87.4 Å². The molecule has 0 spiro atoms. The minimum Gasteiger partial charge on any atom is -0.368 e. The van der Waals surface area contributed by atoms with Gasteiger partial charge in [0, 0.05) is 37.6 Å². The summed E-state index contributed by atoms with van der Waals surface area (Å²) < 4.78 is 0. The van der Waals surface area contributed by atoms with Crippen molar-refractivity contribution < 1.29 is 4.79 Å². The molecule has 1 amide bonds. The number of carbonyl (C=O) groups excluding carboxylic acids is 1. The van der Waals surface area contributed by atoms with E-state index in [0.29, 0.717) is 18.2 Å². The second kappa shape index (κ2) is 9.53. The molecule has 0 radical (unpaired) electrons. The van der Waals surface area contributed by atoms with Crippen LogP contribution in [0, 0.1) is 0 Å². The number of nitrogen functional groups attached to an aromatic ring is 1. The summed E-state index contributed by atoms with van der Waals surface area (Å²) >= 11 is 0. The Labute approximate surface area is 189 Å². The molecule has 1 aliphatic carbocycles. The smallest absolute Gasteiger partial charge is 0.268 e. The lowest BCUT2D eigenvalue weighted by atomic mass is 9.95. The minimum absolute atomic E-state index is 0.0177. The van der Waals surface area contributed by atoms with E-state index in [1.165, 1.54) is 19.3 Å². The second-order valence-electron chi connectivity index (χ2n) is 8.59. The van der Waals surface area contributed by atoms with Crippen LogP contribution in [0.1, 0.15) is 49.4 Å². The van der Waals surface area contributed by atoms with E-state index in [2.05, 4.69) is 21.4 Å². The van der Waals surface area contributed by atoms with Crippen LogP contribution in [-0.4, -0.2) is 52.6 Å². The molecular formula is C25H32N6O. The zero-order valence-electron chi connectivity index (χ0n) is 19.1. The Bertz CT molecular complexity index is 1110. The molecule has 1 aromatic heterocycles. The minimum atomic E-state index is -0.0177. The van der Waals surface area contributed by atoms with Gasteiger partial charge in [0.15, 0.2) is 0 Å². The molecule has 3 N–H and O–H groups in total. The van der Waals surface area contributed by atoms with Gasteiger partial charge in [-0.25, -0.2) is 9.99 Å². The number of nitrogens with one attached hydrogen (secondary N) is 1. The summed E-state index contributed by atoms with van der Waals surface area (Å²) in [4.78, 5) is 21.9. The first-order chi connectivity index (χ1) is 15.5. The number of rotatable bonds is 6. The average Bonchev–Trinajstić information content (AvgIpc) is 2.79. The van der Waals surface area contributed by atoms with Crippen LogP contribution in [0.25, 0.3) is 22.0 Å². The van der Waals surface area contributed by atoms with Gasteiger partial charge in [-0.15, -0.1) is 0 Å². The molecule has 2 aromatic carbocycles. The molecule has 7 heteroatoms. The average molecular weight is 433 g/mol. The van der Waals surface area contributed by atoms with E-state index >= 15 is 0 Å². The maximum absolute atomic E-state index is 13.0. The Morgan fingerprint density at radius 3 is 2.53 bits per heavy atom. The molecule has 0 bridgehead atoms. The van der Waals surface area contributed by atoms with Crippen LogP contribution >= 0.6 is 0 Å². The van der Waals surface area contributed by atoms with E-state index in [1.807, 2.05) is 62.4 Å². The number of fused-ring (bicyclic) bond motifs is 1. The summed E-state index contributed by atoms with van der Waals surface area (Å²) in [5.74, 6) is 1.05. The van der Waals surface area contributed by atoms with Gasteiger partial charge >= 0.3 is 0 Å². The number of hydrazine groups is 1. The molecule has 1 saturated carbocycles. The molecule has 4 rings (SSSR count). The fourth-order valence-electron chi connectivity index (χ4n) is 4.47. The van der Waals surface area contributed by atoms with Crippen LogP contribution < -0.4 is 11.1 Å². The summed E-state index contributed by atoms with van der Waals surface area (Å²) in [6, 6.07) is 14.3. The molecule has 0 atom stereocenters. The van der Waals surface area contributed by atoms with E-state index in [9.17, 15) is 4.79 Å². The molecule has 1 aliphatic rings. The zero-order chi connectivity index (χ0) is 22.7.